The average molecular weight is 293 g/mol. The minimum atomic E-state index is -0.152. The number of hydrogen-bond donors (Lipinski definition) is 0. The van der Waals surface area contributed by atoms with Crippen molar-refractivity contribution in [1.82, 2.24) is 14.5 Å². The molecule has 0 bridgehead atoms. The Morgan fingerprint density at radius 3 is 2.65 bits per heavy atom. The summed E-state index contributed by atoms with van der Waals surface area (Å²) in [6, 6.07) is 1.70. The van der Waals surface area contributed by atoms with Crippen molar-refractivity contribution < 1.29 is 4.74 Å². The molecule has 0 radical (unpaired) electrons. The van der Waals surface area contributed by atoms with Gasteiger partial charge in [0.05, 0.1) is 7.11 Å². The van der Waals surface area contributed by atoms with Gasteiger partial charge in [-0.25, -0.2) is 9.97 Å². The lowest BCUT2D eigenvalue weighted by atomic mass is 9.97. The summed E-state index contributed by atoms with van der Waals surface area (Å²) in [5.41, 5.74) is 0.471. The molecule has 0 aliphatic heterocycles. The molecule has 0 amide bonds. The highest BCUT2D eigenvalue weighted by Gasteiger charge is 2.18. The predicted molar refractivity (Wildman–Crippen MR) is 81.6 cm³/mol. The smallest absolute Gasteiger partial charge is 0.294 e. The number of thioether (sulfide) groups is 1. The van der Waals surface area contributed by atoms with Gasteiger partial charge in [0, 0.05) is 18.1 Å². The van der Waals surface area contributed by atoms with Crippen LogP contribution in [0.1, 0.15) is 20.8 Å². The molecule has 0 fully saturated rings. The third-order valence-corrected chi connectivity index (χ3v) is 3.37. The Hall–Kier alpha value is -1.56. The maximum atomic E-state index is 12.5. The first-order valence-corrected chi connectivity index (χ1v) is 7.57. The Balaban J connectivity index is 2.77. The summed E-state index contributed by atoms with van der Waals surface area (Å²) < 4.78 is 6.85. The Bertz CT molecular complexity index is 689. The van der Waals surface area contributed by atoms with Gasteiger partial charge in [-0.15, -0.1) is 0 Å². The van der Waals surface area contributed by atoms with Crippen LogP contribution in [-0.2, 0) is 6.54 Å². The van der Waals surface area contributed by atoms with E-state index in [1.807, 2.05) is 6.26 Å². The molecule has 0 aromatic carbocycles. The standard InChI is InChI=1S/C14H19N3O2S/c1-14(2,3)8-17-11-9(6-10(19-4)12(17)18)7-15-13(16-11)20-5/h6-7H,8H2,1-5H3. The third kappa shape index (κ3) is 2.95. The first-order valence-electron chi connectivity index (χ1n) is 6.34. The minimum Gasteiger partial charge on any atom is -0.491 e. The van der Waals surface area contributed by atoms with E-state index in [1.54, 1.807) is 16.8 Å². The topological polar surface area (TPSA) is 57.0 Å². The van der Waals surface area contributed by atoms with E-state index in [4.69, 9.17) is 4.74 Å². The summed E-state index contributed by atoms with van der Waals surface area (Å²) in [5, 5.41) is 1.47. The van der Waals surface area contributed by atoms with Gasteiger partial charge in [0.2, 0.25) is 0 Å². The van der Waals surface area contributed by atoms with Crippen molar-refractivity contribution in [3.05, 3.63) is 22.6 Å². The Morgan fingerprint density at radius 1 is 1.40 bits per heavy atom. The molecule has 0 unspecified atom stereocenters. The predicted octanol–water partition coefficient (Wildman–Crippen LogP) is 2.57. The van der Waals surface area contributed by atoms with E-state index in [0.717, 1.165) is 5.39 Å². The Morgan fingerprint density at radius 2 is 2.10 bits per heavy atom. The maximum absolute atomic E-state index is 12.5. The van der Waals surface area contributed by atoms with E-state index < -0.39 is 0 Å². The molecule has 2 aromatic rings. The van der Waals surface area contributed by atoms with Crippen molar-refractivity contribution in [1.29, 1.82) is 0 Å². The average Bonchev–Trinajstić information content (AvgIpc) is 2.40. The van der Waals surface area contributed by atoms with Gasteiger partial charge in [0.25, 0.3) is 5.56 Å². The fraction of sp³-hybridized carbons (Fsp3) is 0.500. The molecule has 0 aliphatic rings. The lowest BCUT2D eigenvalue weighted by molar-refractivity contribution is 0.335. The van der Waals surface area contributed by atoms with E-state index in [2.05, 4.69) is 30.7 Å². The Labute approximate surface area is 122 Å². The summed E-state index contributed by atoms with van der Waals surface area (Å²) in [7, 11) is 1.50. The molecule has 0 N–H and O–H groups in total. The van der Waals surface area contributed by atoms with Crippen LogP contribution in [0.3, 0.4) is 0 Å². The minimum absolute atomic E-state index is 0.0341. The first-order chi connectivity index (χ1) is 9.35. The van der Waals surface area contributed by atoms with Crippen LogP contribution in [0.2, 0.25) is 0 Å². The van der Waals surface area contributed by atoms with Crippen molar-refractivity contribution in [2.75, 3.05) is 13.4 Å². The largest absolute Gasteiger partial charge is 0.491 e. The SMILES string of the molecule is COc1cc2cnc(SC)nc2n(CC(C)(C)C)c1=O. The quantitative estimate of drug-likeness (QED) is 0.643. The lowest BCUT2D eigenvalue weighted by Crippen LogP contribution is -2.28. The second-order valence-electron chi connectivity index (χ2n) is 5.80. The highest BCUT2D eigenvalue weighted by molar-refractivity contribution is 7.98. The first kappa shape index (κ1) is 14.8. The maximum Gasteiger partial charge on any atom is 0.294 e. The van der Waals surface area contributed by atoms with Crippen LogP contribution in [-0.4, -0.2) is 27.9 Å². The van der Waals surface area contributed by atoms with Crippen molar-refractivity contribution >= 4 is 22.8 Å². The fourth-order valence-corrected chi connectivity index (χ4v) is 2.32. The number of methoxy groups -OCH3 is 1. The number of aromatic nitrogens is 3. The Kier molecular flexibility index (Phi) is 4.04. The van der Waals surface area contributed by atoms with Crippen LogP contribution in [0.4, 0.5) is 0 Å². The van der Waals surface area contributed by atoms with E-state index in [1.165, 1.54) is 18.9 Å². The molecule has 5 nitrogen and oxygen atoms in total. The molecule has 0 saturated carbocycles. The molecule has 0 atom stereocenters. The van der Waals surface area contributed by atoms with Crippen LogP contribution in [0.5, 0.6) is 5.75 Å². The van der Waals surface area contributed by atoms with Crippen LogP contribution in [0.25, 0.3) is 11.0 Å². The zero-order valence-electron chi connectivity index (χ0n) is 12.4. The molecule has 0 spiro atoms. The van der Waals surface area contributed by atoms with Crippen molar-refractivity contribution in [3.8, 4) is 5.75 Å². The number of fused-ring (bicyclic) bond motifs is 1. The fourth-order valence-electron chi connectivity index (χ4n) is 1.98. The van der Waals surface area contributed by atoms with Gasteiger partial charge in [0.1, 0.15) is 5.65 Å². The number of ether oxygens (including phenoxy) is 1. The van der Waals surface area contributed by atoms with Crippen LogP contribution in [0.15, 0.2) is 22.2 Å². The third-order valence-electron chi connectivity index (χ3n) is 2.81. The normalized spacial score (nSPS) is 11.8. The highest BCUT2D eigenvalue weighted by Crippen LogP contribution is 2.22. The highest BCUT2D eigenvalue weighted by atomic mass is 32.2. The van der Waals surface area contributed by atoms with Gasteiger partial charge in [-0.2, -0.15) is 0 Å². The van der Waals surface area contributed by atoms with Crippen molar-refractivity contribution in [3.63, 3.8) is 0 Å². The zero-order valence-corrected chi connectivity index (χ0v) is 13.2. The van der Waals surface area contributed by atoms with Crippen molar-refractivity contribution in [2.24, 2.45) is 5.41 Å². The summed E-state index contributed by atoms with van der Waals surface area (Å²) >= 11 is 1.46. The second kappa shape index (κ2) is 5.44. The summed E-state index contributed by atoms with van der Waals surface area (Å²) in [6.07, 6.45) is 3.65. The monoisotopic (exact) mass is 293 g/mol. The molecular formula is C14H19N3O2S. The van der Waals surface area contributed by atoms with E-state index >= 15 is 0 Å². The zero-order chi connectivity index (χ0) is 14.9. The van der Waals surface area contributed by atoms with E-state index in [0.29, 0.717) is 23.1 Å². The number of nitrogens with zero attached hydrogens (tertiary/aromatic N) is 3. The lowest BCUT2D eigenvalue weighted by Gasteiger charge is -2.21. The number of pyridine rings is 1. The van der Waals surface area contributed by atoms with E-state index in [-0.39, 0.29) is 11.0 Å². The van der Waals surface area contributed by atoms with Gasteiger partial charge in [-0.3, -0.25) is 9.36 Å². The van der Waals surface area contributed by atoms with Crippen LogP contribution < -0.4 is 10.3 Å². The number of hydrogen-bond acceptors (Lipinski definition) is 5. The molecule has 20 heavy (non-hydrogen) atoms. The second-order valence-corrected chi connectivity index (χ2v) is 6.57. The molecule has 6 heteroatoms. The van der Waals surface area contributed by atoms with Crippen LogP contribution >= 0.6 is 11.8 Å². The van der Waals surface area contributed by atoms with Gasteiger partial charge in [0.15, 0.2) is 10.9 Å². The summed E-state index contributed by atoms with van der Waals surface area (Å²) in [5.74, 6) is 0.322. The van der Waals surface area contributed by atoms with Gasteiger partial charge < -0.3 is 4.74 Å². The molecular weight excluding hydrogens is 274 g/mol. The van der Waals surface area contributed by atoms with Gasteiger partial charge >= 0.3 is 0 Å². The van der Waals surface area contributed by atoms with Gasteiger partial charge in [-0.05, 0) is 17.7 Å². The molecule has 2 aromatic heterocycles. The van der Waals surface area contributed by atoms with E-state index in [9.17, 15) is 4.79 Å². The molecule has 108 valence electrons. The summed E-state index contributed by atoms with van der Waals surface area (Å²) in [4.78, 5) is 21.2. The van der Waals surface area contributed by atoms with Gasteiger partial charge in [-0.1, -0.05) is 32.5 Å². The molecule has 0 saturated heterocycles. The molecule has 0 aliphatic carbocycles. The number of rotatable bonds is 3. The molecule has 2 heterocycles. The van der Waals surface area contributed by atoms with Crippen molar-refractivity contribution in [2.45, 2.75) is 32.5 Å². The molecule has 2 rings (SSSR count). The van der Waals surface area contributed by atoms with Crippen LogP contribution in [0, 0.1) is 5.41 Å². The summed E-state index contributed by atoms with van der Waals surface area (Å²) in [6.45, 7) is 6.83.